The average molecular weight is 252 g/mol. The molecule has 0 spiro atoms. The Hall–Kier alpha value is -2.02. The highest BCUT2D eigenvalue weighted by Crippen LogP contribution is 2.23. The predicted molar refractivity (Wildman–Crippen MR) is 60.3 cm³/mol. The first-order chi connectivity index (χ1) is 8.68. The van der Waals surface area contributed by atoms with Crippen molar-refractivity contribution in [3.05, 3.63) is 28.4 Å². The van der Waals surface area contributed by atoms with Crippen LogP contribution in [0.2, 0.25) is 0 Å². The number of pyridine rings is 1. The Bertz CT molecular complexity index is 457. The lowest BCUT2D eigenvalue weighted by atomic mass is 10.0. The molecule has 0 aromatic carbocycles. The summed E-state index contributed by atoms with van der Waals surface area (Å²) < 4.78 is 10.3. The molecule has 1 aliphatic heterocycles. The Kier molecular flexibility index (Phi) is 3.83. The van der Waals surface area contributed by atoms with Gasteiger partial charge in [0.15, 0.2) is 5.78 Å². The van der Waals surface area contributed by atoms with E-state index in [4.69, 9.17) is 9.47 Å². The van der Waals surface area contributed by atoms with Gasteiger partial charge in [-0.05, 0) is 28.5 Å². The van der Waals surface area contributed by atoms with Crippen molar-refractivity contribution in [3.63, 3.8) is 0 Å². The third kappa shape index (κ3) is 2.80. The summed E-state index contributed by atoms with van der Waals surface area (Å²) in [5.41, 5.74) is 0. The van der Waals surface area contributed by atoms with Crippen LogP contribution in [0.4, 0.5) is 5.82 Å². The maximum absolute atomic E-state index is 11.7. The van der Waals surface area contributed by atoms with E-state index in [2.05, 4.69) is 4.98 Å². The van der Waals surface area contributed by atoms with E-state index in [9.17, 15) is 14.9 Å². The van der Waals surface area contributed by atoms with E-state index < -0.39 is 4.92 Å². The number of nitro groups is 1. The van der Waals surface area contributed by atoms with Crippen molar-refractivity contribution >= 4 is 11.6 Å². The molecule has 1 aromatic rings. The molecule has 1 aliphatic rings. The fourth-order valence-electron chi connectivity index (χ4n) is 1.69. The zero-order valence-corrected chi connectivity index (χ0v) is 9.57. The fourth-order valence-corrected chi connectivity index (χ4v) is 1.69. The van der Waals surface area contributed by atoms with Gasteiger partial charge in [0.05, 0.1) is 6.61 Å². The molecule has 7 heteroatoms. The van der Waals surface area contributed by atoms with Gasteiger partial charge in [0.2, 0.25) is 5.75 Å². The van der Waals surface area contributed by atoms with Gasteiger partial charge in [-0.15, -0.1) is 0 Å². The van der Waals surface area contributed by atoms with Gasteiger partial charge < -0.3 is 19.6 Å². The number of hydrogen-bond donors (Lipinski definition) is 0. The van der Waals surface area contributed by atoms with Gasteiger partial charge in [0, 0.05) is 12.5 Å². The lowest BCUT2D eigenvalue weighted by Crippen LogP contribution is -2.22. The quantitative estimate of drug-likeness (QED) is 0.572. The standard InChI is InChI=1S/C11H12N2O5/c14-9(8-3-5-17-6-8)7-18-10-2-1-4-12-11(10)13(15)16/h1-2,4,8H,3,5-7H2. The molecule has 1 atom stereocenters. The normalized spacial score (nSPS) is 18.6. The van der Waals surface area contributed by atoms with Crippen molar-refractivity contribution in [3.8, 4) is 5.75 Å². The molecule has 0 radical (unpaired) electrons. The highest BCUT2D eigenvalue weighted by Gasteiger charge is 2.25. The smallest absolute Gasteiger partial charge is 0.406 e. The molecule has 0 saturated carbocycles. The number of carbonyl (C=O) groups excluding carboxylic acids is 1. The molecule has 0 bridgehead atoms. The van der Waals surface area contributed by atoms with Gasteiger partial charge in [-0.2, -0.15) is 0 Å². The number of nitrogens with zero attached hydrogens (tertiary/aromatic N) is 2. The lowest BCUT2D eigenvalue weighted by Gasteiger charge is -2.08. The Morgan fingerprint density at radius 2 is 2.50 bits per heavy atom. The van der Waals surface area contributed by atoms with Crippen molar-refractivity contribution in [1.29, 1.82) is 0 Å². The molecule has 1 unspecified atom stereocenters. The van der Waals surface area contributed by atoms with Crippen LogP contribution in [-0.2, 0) is 9.53 Å². The predicted octanol–water partition coefficient (Wildman–Crippen LogP) is 0.974. The van der Waals surface area contributed by atoms with Gasteiger partial charge in [0.1, 0.15) is 12.8 Å². The largest absolute Gasteiger partial charge is 0.478 e. The molecule has 18 heavy (non-hydrogen) atoms. The van der Waals surface area contributed by atoms with E-state index in [-0.39, 0.29) is 29.9 Å². The minimum absolute atomic E-state index is 0.00904. The van der Waals surface area contributed by atoms with Crippen LogP contribution < -0.4 is 4.74 Å². The van der Waals surface area contributed by atoms with Crippen LogP contribution in [0.5, 0.6) is 5.75 Å². The van der Waals surface area contributed by atoms with Crippen LogP contribution in [0, 0.1) is 16.0 Å². The number of carbonyl (C=O) groups is 1. The highest BCUT2D eigenvalue weighted by atomic mass is 16.6. The van der Waals surface area contributed by atoms with E-state index >= 15 is 0 Å². The first-order valence-electron chi connectivity index (χ1n) is 5.51. The maximum atomic E-state index is 11.7. The van der Waals surface area contributed by atoms with Gasteiger partial charge in [0.25, 0.3) is 0 Å². The molecule has 1 aromatic heterocycles. The monoisotopic (exact) mass is 252 g/mol. The summed E-state index contributed by atoms with van der Waals surface area (Å²) in [4.78, 5) is 25.3. The summed E-state index contributed by atoms with van der Waals surface area (Å²) >= 11 is 0. The molecule has 1 fully saturated rings. The highest BCUT2D eigenvalue weighted by molar-refractivity contribution is 5.82. The van der Waals surface area contributed by atoms with Crippen LogP contribution in [0.1, 0.15) is 6.42 Å². The van der Waals surface area contributed by atoms with Crippen molar-refractivity contribution in [2.75, 3.05) is 19.8 Å². The molecular formula is C11H12N2O5. The number of hydrogen-bond acceptors (Lipinski definition) is 6. The molecule has 2 heterocycles. The SMILES string of the molecule is O=C(COc1cccnc1[N+](=O)[O-])C1CCOC1. The van der Waals surface area contributed by atoms with Crippen LogP contribution in [0.15, 0.2) is 18.3 Å². The molecule has 7 nitrogen and oxygen atoms in total. The van der Waals surface area contributed by atoms with Crippen LogP contribution >= 0.6 is 0 Å². The Morgan fingerprint density at radius 3 is 3.17 bits per heavy atom. The summed E-state index contributed by atoms with van der Waals surface area (Å²) in [6, 6.07) is 2.94. The zero-order valence-electron chi connectivity index (χ0n) is 9.57. The third-order valence-electron chi connectivity index (χ3n) is 2.68. The topological polar surface area (TPSA) is 91.6 Å². The zero-order chi connectivity index (χ0) is 13.0. The van der Waals surface area contributed by atoms with Crippen LogP contribution in [0.25, 0.3) is 0 Å². The second-order valence-corrected chi connectivity index (χ2v) is 3.90. The second kappa shape index (κ2) is 5.54. The summed E-state index contributed by atoms with van der Waals surface area (Å²) in [5, 5.41) is 10.7. The maximum Gasteiger partial charge on any atom is 0.406 e. The van der Waals surface area contributed by atoms with Gasteiger partial charge in [-0.1, -0.05) is 0 Å². The van der Waals surface area contributed by atoms with Crippen molar-refractivity contribution in [1.82, 2.24) is 4.98 Å². The minimum atomic E-state index is -0.640. The fraction of sp³-hybridized carbons (Fsp3) is 0.455. The first kappa shape index (κ1) is 12.4. The van der Waals surface area contributed by atoms with E-state index in [1.165, 1.54) is 18.3 Å². The average Bonchev–Trinajstić information content (AvgIpc) is 2.90. The molecular weight excluding hydrogens is 240 g/mol. The first-order valence-corrected chi connectivity index (χ1v) is 5.51. The lowest BCUT2D eigenvalue weighted by molar-refractivity contribution is -0.390. The van der Waals surface area contributed by atoms with Gasteiger partial charge in [-0.25, -0.2) is 0 Å². The number of ketones is 1. The molecule has 96 valence electrons. The molecule has 0 amide bonds. The minimum Gasteiger partial charge on any atom is -0.478 e. The second-order valence-electron chi connectivity index (χ2n) is 3.90. The summed E-state index contributed by atoms with van der Waals surface area (Å²) in [5.74, 6) is -0.644. The molecule has 0 N–H and O–H groups in total. The van der Waals surface area contributed by atoms with Gasteiger partial charge >= 0.3 is 5.82 Å². The van der Waals surface area contributed by atoms with E-state index in [0.29, 0.717) is 19.6 Å². The molecule has 2 rings (SSSR count). The summed E-state index contributed by atoms with van der Waals surface area (Å²) in [6.07, 6.45) is 1.98. The Morgan fingerprint density at radius 1 is 1.67 bits per heavy atom. The molecule has 1 saturated heterocycles. The van der Waals surface area contributed by atoms with E-state index in [1.54, 1.807) is 0 Å². The van der Waals surface area contributed by atoms with Crippen molar-refractivity contribution in [2.45, 2.75) is 6.42 Å². The van der Waals surface area contributed by atoms with E-state index in [1.807, 2.05) is 0 Å². The van der Waals surface area contributed by atoms with Crippen molar-refractivity contribution in [2.24, 2.45) is 5.92 Å². The number of ether oxygens (including phenoxy) is 2. The van der Waals surface area contributed by atoms with Crippen LogP contribution in [-0.4, -0.2) is 35.5 Å². The number of rotatable bonds is 5. The Balaban J connectivity index is 1.97. The van der Waals surface area contributed by atoms with Gasteiger partial charge in [-0.3, -0.25) is 4.79 Å². The third-order valence-corrected chi connectivity index (χ3v) is 2.68. The van der Waals surface area contributed by atoms with E-state index in [0.717, 1.165) is 0 Å². The van der Waals surface area contributed by atoms with Crippen LogP contribution in [0.3, 0.4) is 0 Å². The number of aromatic nitrogens is 1. The summed E-state index contributed by atoms with van der Waals surface area (Å²) in [6.45, 7) is 0.779. The van der Waals surface area contributed by atoms with Crippen molar-refractivity contribution < 1.29 is 19.2 Å². The number of Topliss-reactive ketones (excluding diaryl/α,β-unsaturated/α-hetero) is 1. The Labute approximate surface area is 103 Å². The summed E-state index contributed by atoms with van der Waals surface area (Å²) in [7, 11) is 0. The molecule has 0 aliphatic carbocycles.